The molecule has 27 heavy (non-hydrogen) atoms. The third-order valence-corrected chi connectivity index (χ3v) is 5.96. The second-order valence-corrected chi connectivity index (χ2v) is 7.90. The third-order valence-electron chi connectivity index (χ3n) is 3.68. The molecule has 0 unspecified atom stereocenters. The number of nitrogens with one attached hydrogen (secondary N) is 1. The van der Waals surface area contributed by atoms with Gasteiger partial charge in [-0.2, -0.15) is 0 Å². The van der Waals surface area contributed by atoms with Crippen LogP contribution < -0.4 is 11.1 Å². The lowest BCUT2D eigenvalue weighted by Gasteiger charge is -2.11. The second kappa shape index (κ2) is 8.49. The molecule has 0 saturated heterocycles. The van der Waals surface area contributed by atoms with Crippen LogP contribution in [0.2, 0.25) is 0 Å². The van der Waals surface area contributed by atoms with Crippen molar-refractivity contribution in [3.63, 3.8) is 0 Å². The summed E-state index contributed by atoms with van der Waals surface area (Å²) in [5.74, 6) is -0.120. The highest BCUT2D eigenvalue weighted by Gasteiger charge is 2.26. The Hall–Kier alpha value is -2.46. The molecule has 1 aromatic heterocycles. The Balaban J connectivity index is 1.81. The summed E-state index contributed by atoms with van der Waals surface area (Å²) < 4.78 is 11.8. The van der Waals surface area contributed by atoms with E-state index in [4.69, 9.17) is 14.9 Å². The van der Waals surface area contributed by atoms with E-state index in [0.717, 1.165) is 22.1 Å². The molecule has 0 saturated carbocycles. The van der Waals surface area contributed by atoms with Crippen molar-refractivity contribution < 1.29 is 23.5 Å². The zero-order valence-corrected chi connectivity index (χ0v) is 16.0. The summed E-state index contributed by atoms with van der Waals surface area (Å²) in [4.78, 5) is 39.5. The van der Waals surface area contributed by atoms with Crippen molar-refractivity contribution >= 4 is 56.8 Å². The standard InChI is InChI=1S/C17H17N3O5S2/c1-9(14(21)20-16(18)23)24-15(22)13-11(8-27-17-19-6-7-26-17)10-4-2-3-5-12(10)25-13/h2-5,9H,6-8H2,1H3,(H3,18,20,21,23)/t9-/m1/s1. The number of nitrogens with zero attached hydrogens (tertiary/aromatic N) is 1. The molecule has 3 amide bonds. The highest BCUT2D eigenvalue weighted by atomic mass is 32.2. The smallest absolute Gasteiger partial charge is 0.375 e. The Bertz CT molecular complexity index is 924. The number of urea groups is 1. The zero-order valence-electron chi connectivity index (χ0n) is 14.4. The van der Waals surface area contributed by atoms with Gasteiger partial charge in [0.15, 0.2) is 6.10 Å². The minimum absolute atomic E-state index is 0.0334. The SMILES string of the molecule is C[C@@H](OC(=O)c1oc2ccccc2c1CSC1=NCCS1)C(=O)NC(N)=O. The number of ether oxygens (including phenoxy) is 1. The van der Waals surface area contributed by atoms with Gasteiger partial charge in [-0.25, -0.2) is 9.59 Å². The number of primary amides is 1. The van der Waals surface area contributed by atoms with Crippen LogP contribution in [0, 0.1) is 0 Å². The van der Waals surface area contributed by atoms with Crippen molar-refractivity contribution in [3.05, 3.63) is 35.6 Å². The molecule has 1 aliphatic heterocycles. The molecule has 0 bridgehead atoms. The molecule has 1 aromatic carbocycles. The Kier molecular flexibility index (Phi) is 6.07. The Morgan fingerprint density at radius 3 is 2.89 bits per heavy atom. The lowest BCUT2D eigenvalue weighted by Crippen LogP contribution is -2.42. The number of para-hydroxylation sites is 1. The van der Waals surface area contributed by atoms with Crippen LogP contribution in [0.4, 0.5) is 4.79 Å². The van der Waals surface area contributed by atoms with Crippen molar-refractivity contribution in [3.8, 4) is 0 Å². The molecule has 1 aliphatic rings. The topological polar surface area (TPSA) is 124 Å². The maximum absolute atomic E-state index is 12.6. The fraction of sp³-hybridized carbons (Fsp3) is 0.294. The number of furan rings is 1. The number of benzene rings is 1. The number of aliphatic imine (C=N–C) groups is 1. The number of esters is 1. The first-order chi connectivity index (χ1) is 13.0. The highest BCUT2D eigenvalue weighted by Crippen LogP contribution is 2.33. The average molecular weight is 407 g/mol. The monoisotopic (exact) mass is 407 g/mol. The van der Waals surface area contributed by atoms with Crippen molar-refractivity contribution in [2.45, 2.75) is 18.8 Å². The van der Waals surface area contributed by atoms with Gasteiger partial charge in [-0.3, -0.25) is 15.1 Å². The molecule has 10 heteroatoms. The number of fused-ring (bicyclic) bond motifs is 1. The largest absolute Gasteiger partial charge is 0.449 e. The highest BCUT2D eigenvalue weighted by molar-refractivity contribution is 8.38. The van der Waals surface area contributed by atoms with Gasteiger partial charge in [0.25, 0.3) is 5.91 Å². The fourth-order valence-electron chi connectivity index (χ4n) is 2.43. The number of rotatable bonds is 5. The van der Waals surface area contributed by atoms with Crippen LogP contribution in [-0.4, -0.2) is 40.7 Å². The quantitative estimate of drug-likeness (QED) is 0.730. The van der Waals surface area contributed by atoms with Gasteiger partial charge in [-0.1, -0.05) is 41.7 Å². The second-order valence-electron chi connectivity index (χ2n) is 5.59. The van der Waals surface area contributed by atoms with Crippen molar-refractivity contribution in [2.75, 3.05) is 12.3 Å². The molecule has 1 atom stereocenters. The first kappa shape index (κ1) is 19.3. The van der Waals surface area contributed by atoms with Gasteiger partial charge in [0.2, 0.25) is 5.76 Å². The summed E-state index contributed by atoms with van der Waals surface area (Å²) in [5.41, 5.74) is 6.13. The number of imide groups is 1. The van der Waals surface area contributed by atoms with Crippen LogP contribution >= 0.6 is 23.5 Å². The molecule has 142 valence electrons. The zero-order chi connectivity index (χ0) is 19.4. The van der Waals surface area contributed by atoms with Gasteiger partial charge in [0, 0.05) is 22.5 Å². The Morgan fingerprint density at radius 2 is 2.19 bits per heavy atom. The summed E-state index contributed by atoms with van der Waals surface area (Å²) in [6.45, 7) is 2.14. The first-order valence-corrected chi connectivity index (χ1v) is 10.0. The summed E-state index contributed by atoms with van der Waals surface area (Å²) in [5, 5.41) is 2.67. The van der Waals surface area contributed by atoms with E-state index in [9.17, 15) is 14.4 Å². The lowest BCUT2D eigenvalue weighted by atomic mass is 10.1. The van der Waals surface area contributed by atoms with Crippen LogP contribution in [0.5, 0.6) is 0 Å². The molecular weight excluding hydrogens is 390 g/mol. The maximum atomic E-state index is 12.6. The van der Waals surface area contributed by atoms with E-state index in [2.05, 4.69) is 4.99 Å². The van der Waals surface area contributed by atoms with E-state index in [0.29, 0.717) is 16.9 Å². The van der Waals surface area contributed by atoms with E-state index < -0.39 is 24.0 Å². The van der Waals surface area contributed by atoms with E-state index in [1.807, 2.05) is 17.4 Å². The van der Waals surface area contributed by atoms with Crippen molar-refractivity contribution in [1.82, 2.24) is 5.32 Å². The fourth-order valence-corrected chi connectivity index (χ4v) is 4.47. The molecule has 0 fully saturated rings. The molecule has 2 heterocycles. The summed E-state index contributed by atoms with van der Waals surface area (Å²) >= 11 is 3.20. The number of carbonyl (C=O) groups excluding carboxylic acids is 3. The van der Waals surface area contributed by atoms with E-state index in [-0.39, 0.29) is 5.76 Å². The number of amides is 3. The molecular formula is C17H17N3O5S2. The van der Waals surface area contributed by atoms with Crippen molar-refractivity contribution in [1.29, 1.82) is 0 Å². The predicted octanol–water partition coefficient (Wildman–Crippen LogP) is 2.51. The summed E-state index contributed by atoms with van der Waals surface area (Å²) in [7, 11) is 0. The molecule has 8 nitrogen and oxygen atoms in total. The summed E-state index contributed by atoms with van der Waals surface area (Å²) in [6.07, 6.45) is -1.20. The molecule has 3 rings (SSSR count). The molecule has 3 N–H and O–H groups in total. The van der Waals surface area contributed by atoms with Crippen LogP contribution in [0.3, 0.4) is 0 Å². The average Bonchev–Trinajstić information content (AvgIpc) is 3.26. The minimum Gasteiger partial charge on any atom is -0.449 e. The van der Waals surface area contributed by atoms with Gasteiger partial charge < -0.3 is 14.9 Å². The Labute approximate surface area is 163 Å². The van der Waals surface area contributed by atoms with Crippen LogP contribution in [-0.2, 0) is 15.3 Å². The van der Waals surface area contributed by atoms with Gasteiger partial charge in [0.05, 0.1) is 6.54 Å². The normalized spacial score (nSPS) is 14.6. The molecule has 2 aromatic rings. The molecule has 0 aliphatic carbocycles. The maximum Gasteiger partial charge on any atom is 0.375 e. The van der Waals surface area contributed by atoms with Gasteiger partial charge in [0.1, 0.15) is 9.96 Å². The van der Waals surface area contributed by atoms with Crippen LogP contribution in [0.25, 0.3) is 11.0 Å². The number of hydrogen-bond acceptors (Lipinski definition) is 8. The minimum atomic E-state index is -1.20. The van der Waals surface area contributed by atoms with Crippen molar-refractivity contribution in [2.24, 2.45) is 10.7 Å². The van der Waals surface area contributed by atoms with E-state index in [1.54, 1.807) is 23.9 Å². The van der Waals surface area contributed by atoms with Gasteiger partial charge in [-0.15, -0.1) is 0 Å². The lowest BCUT2D eigenvalue weighted by molar-refractivity contribution is -0.127. The number of hydrogen-bond donors (Lipinski definition) is 2. The van der Waals surface area contributed by atoms with Gasteiger partial charge >= 0.3 is 12.0 Å². The molecule has 0 spiro atoms. The number of carbonyl (C=O) groups is 3. The number of nitrogens with two attached hydrogens (primary N) is 1. The predicted molar refractivity (Wildman–Crippen MR) is 105 cm³/mol. The summed E-state index contributed by atoms with van der Waals surface area (Å²) in [6, 6.07) is 6.26. The van der Waals surface area contributed by atoms with Crippen LogP contribution in [0.15, 0.2) is 33.7 Å². The third kappa shape index (κ3) is 4.64. The van der Waals surface area contributed by atoms with Gasteiger partial charge in [-0.05, 0) is 13.0 Å². The number of thioether (sulfide) groups is 2. The van der Waals surface area contributed by atoms with Crippen LogP contribution in [0.1, 0.15) is 23.0 Å². The van der Waals surface area contributed by atoms with E-state index >= 15 is 0 Å². The Morgan fingerprint density at radius 1 is 1.41 bits per heavy atom. The first-order valence-electron chi connectivity index (χ1n) is 8.07. The van der Waals surface area contributed by atoms with E-state index in [1.165, 1.54) is 18.7 Å². The molecule has 0 radical (unpaired) electrons.